The topological polar surface area (TPSA) is 61.6 Å². The molecule has 0 bridgehead atoms. The van der Waals surface area contributed by atoms with Crippen molar-refractivity contribution in [3.8, 4) is 0 Å². The van der Waals surface area contributed by atoms with Crippen LogP contribution in [0.1, 0.15) is 5.56 Å². The summed E-state index contributed by atoms with van der Waals surface area (Å²) < 4.78 is 0. The first-order valence-corrected chi connectivity index (χ1v) is 7.60. The van der Waals surface area contributed by atoms with Gasteiger partial charge in [-0.25, -0.2) is 0 Å². The van der Waals surface area contributed by atoms with Crippen LogP contribution in [0.5, 0.6) is 0 Å². The third-order valence-electron chi connectivity index (χ3n) is 3.83. The molecule has 1 amide bonds. The molecule has 0 spiro atoms. The van der Waals surface area contributed by atoms with Gasteiger partial charge < -0.3 is 16.0 Å². The first kappa shape index (κ1) is 16.2. The summed E-state index contributed by atoms with van der Waals surface area (Å²) in [6.07, 6.45) is 0. The lowest BCUT2D eigenvalue weighted by Gasteiger charge is -2.39. The largest absolute Gasteiger partial charge is 0.351 e. The molecular weight excluding hydrogens is 288 g/mol. The van der Waals surface area contributed by atoms with Crippen molar-refractivity contribution < 1.29 is 4.79 Å². The van der Waals surface area contributed by atoms with Crippen LogP contribution < -0.4 is 11.1 Å². The Morgan fingerprint density at radius 1 is 1.38 bits per heavy atom. The number of carbonyl (C=O) groups is 1. The van der Waals surface area contributed by atoms with Gasteiger partial charge in [0, 0.05) is 43.8 Å². The molecule has 1 aromatic carbocycles. The summed E-state index contributed by atoms with van der Waals surface area (Å²) in [5.74, 6) is 0.0351. The molecule has 1 aliphatic rings. The van der Waals surface area contributed by atoms with Crippen LogP contribution in [0.25, 0.3) is 0 Å². The Labute approximate surface area is 131 Å². The van der Waals surface area contributed by atoms with Crippen molar-refractivity contribution in [2.24, 2.45) is 5.73 Å². The van der Waals surface area contributed by atoms with Crippen molar-refractivity contribution in [3.63, 3.8) is 0 Å². The highest BCUT2D eigenvalue weighted by atomic mass is 35.5. The second kappa shape index (κ2) is 7.75. The zero-order valence-corrected chi connectivity index (χ0v) is 13.1. The molecular formula is C15H23ClN4O. The number of halogens is 1. The van der Waals surface area contributed by atoms with E-state index in [2.05, 4.69) is 22.2 Å². The first-order valence-electron chi connectivity index (χ1n) is 7.22. The molecule has 1 aromatic rings. The van der Waals surface area contributed by atoms with E-state index < -0.39 is 0 Å². The van der Waals surface area contributed by atoms with Crippen molar-refractivity contribution in [3.05, 3.63) is 34.9 Å². The minimum absolute atomic E-state index is 0.0351. The van der Waals surface area contributed by atoms with E-state index >= 15 is 0 Å². The number of carbonyl (C=O) groups excluding carboxylic acids is 1. The SMILES string of the molecule is CN1CCN(CC(=O)NCc2ccc(Cl)cc2)C(CN)C1. The summed E-state index contributed by atoms with van der Waals surface area (Å²) in [5, 5.41) is 3.65. The van der Waals surface area contributed by atoms with Gasteiger partial charge in [0.2, 0.25) is 5.91 Å². The van der Waals surface area contributed by atoms with E-state index in [1.165, 1.54) is 0 Å². The minimum atomic E-state index is 0.0351. The number of likely N-dealkylation sites (N-methyl/N-ethyl adjacent to an activating group) is 1. The van der Waals surface area contributed by atoms with Crippen LogP contribution in [0.3, 0.4) is 0 Å². The molecule has 5 nitrogen and oxygen atoms in total. The van der Waals surface area contributed by atoms with E-state index in [4.69, 9.17) is 17.3 Å². The molecule has 3 N–H and O–H groups in total. The number of nitrogens with two attached hydrogens (primary N) is 1. The predicted molar refractivity (Wildman–Crippen MR) is 85.2 cm³/mol. The molecule has 1 fully saturated rings. The summed E-state index contributed by atoms with van der Waals surface area (Å²) in [6.45, 7) is 4.28. The highest BCUT2D eigenvalue weighted by Crippen LogP contribution is 2.09. The Bertz CT molecular complexity index is 465. The number of piperazine rings is 1. The van der Waals surface area contributed by atoms with E-state index in [1.807, 2.05) is 24.3 Å². The predicted octanol–water partition coefficient (Wildman–Crippen LogP) is 0.531. The fourth-order valence-electron chi connectivity index (χ4n) is 2.52. The average Bonchev–Trinajstić information content (AvgIpc) is 2.48. The van der Waals surface area contributed by atoms with Crippen molar-refractivity contribution >= 4 is 17.5 Å². The van der Waals surface area contributed by atoms with E-state index in [1.54, 1.807) is 0 Å². The lowest BCUT2D eigenvalue weighted by molar-refractivity contribution is -0.123. The van der Waals surface area contributed by atoms with Gasteiger partial charge in [0.05, 0.1) is 6.54 Å². The van der Waals surface area contributed by atoms with Gasteiger partial charge in [-0.2, -0.15) is 0 Å². The van der Waals surface area contributed by atoms with Gasteiger partial charge in [0.25, 0.3) is 0 Å². The highest BCUT2D eigenvalue weighted by molar-refractivity contribution is 6.30. The highest BCUT2D eigenvalue weighted by Gasteiger charge is 2.25. The summed E-state index contributed by atoms with van der Waals surface area (Å²) in [6, 6.07) is 7.74. The number of amides is 1. The van der Waals surface area contributed by atoms with Crippen molar-refractivity contribution in [1.29, 1.82) is 0 Å². The molecule has 0 aromatic heterocycles. The van der Waals surface area contributed by atoms with Crippen molar-refractivity contribution in [2.45, 2.75) is 12.6 Å². The van der Waals surface area contributed by atoms with Gasteiger partial charge in [-0.05, 0) is 24.7 Å². The van der Waals surface area contributed by atoms with Gasteiger partial charge in [0.1, 0.15) is 0 Å². The Hall–Kier alpha value is -1.14. The number of nitrogens with one attached hydrogen (secondary N) is 1. The Kier molecular flexibility index (Phi) is 5.99. The van der Waals surface area contributed by atoms with Crippen molar-refractivity contribution in [2.75, 3.05) is 39.8 Å². The minimum Gasteiger partial charge on any atom is -0.351 e. The Balaban J connectivity index is 1.79. The summed E-state index contributed by atoms with van der Waals surface area (Å²) >= 11 is 5.84. The number of hydrogen-bond donors (Lipinski definition) is 2. The third-order valence-corrected chi connectivity index (χ3v) is 4.08. The molecule has 1 atom stereocenters. The first-order chi connectivity index (χ1) is 10.1. The van der Waals surface area contributed by atoms with Crippen LogP contribution in [-0.2, 0) is 11.3 Å². The molecule has 1 aliphatic heterocycles. The molecule has 2 rings (SSSR count). The summed E-state index contributed by atoms with van der Waals surface area (Å²) in [5.41, 5.74) is 6.84. The number of rotatable bonds is 5. The lowest BCUT2D eigenvalue weighted by atomic mass is 10.1. The fourth-order valence-corrected chi connectivity index (χ4v) is 2.65. The molecule has 0 saturated carbocycles. The number of hydrogen-bond acceptors (Lipinski definition) is 4. The number of benzene rings is 1. The molecule has 1 unspecified atom stereocenters. The lowest BCUT2D eigenvalue weighted by Crippen LogP contribution is -2.56. The second-order valence-electron chi connectivity index (χ2n) is 5.53. The molecule has 1 saturated heterocycles. The Morgan fingerprint density at radius 2 is 2.10 bits per heavy atom. The molecule has 1 heterocycles. The van der Waals surface area contributed by atoms with Crippen LogP contribution in [0, 0.1) is 0 Å². The van der Waals surface area contributed by atoms with Crippen LogP contribution in [0.2, 0.25) is 5.02 Å². The van der Waals surface area contributed by atoms with E-state index in [-0.39, 0.29) is 11.9 Å². The zero-order valence-electron chi connectivity index (χ0n) is 12.4. The molecule has 6 heteroatoms. The molecule has 21 heavy (non-hydrogen) atoms. The maximum Gasteiger partial charge on any atom is 0.234 e. The molecule has 0 aliphatic carbocycles. The normalized spacial score (nSPS) is 20.4. The summed E-state index contributed by atoms with van der Waals surface area (Å²) in [7, 11) is 2.08. The third kappa shape index (κ3) is 4.97. The molecule has 116 valence electrons. The summed E-state index contributed by atoms with van der Waals surface area (Å²) in [4.78, 5) is 16.5. The Morgan fingerprint density at radius 3 is 2.76 bits per heavy atom. The van der Waals surface area contributed by atoms with Crippen LogP contribution in [-0.4, -0.2) is 61.5 Å². The van der Waals surface area contributed by atoms with Gasteiger partial charge in [-0.15, -0.1) is 0 Å². The van der Waals surface area contributed by atoms with Crippen molar-refractivity contribution in [1.82, 2.24) is 15.1 Å². The van der Waals surface area contributed by atoms with Gasteiger partial charge >= 0.3 is 0 Å². The average molecular weight is 311 g/mol. The van der Waals surface area contributed by atoms with Crippen LogP contribution >= 0.6 is 11.6 Å². The molecule has 0 radical (unpaired) electrons. The van der Waals surface area contributed by atoms with Crippen LogP contribution in [0.4, 0.5) is 0 Å². The van der Waals surface area contributed by atoms with Gasteiger partial charge in [-0.3, -0.25) is 9.69 Å². The number of nitrogens with zero attached hydrogens (tertiary/aromatic N) is 2. The monoisotopic (exact) mass is 310 g/mol. The van der Waals surface area contributed by atoms with Gasteiger partial charge in [-0.1, -0.05) is 23.7 Å². The fraction of sp³-hybridized carbons (Fsp3) is 0.533. The van der Waals surface area contributed by atoms with Crippen LogP contribution in [0.15, 0.2) is 24.3 Å². The maximum atomic E-state index is 12.1. The van der Waals surface area contributed by atoms with E-state index in [9.17, 15) is 4.79 Å². The smallest absolute Gasteiger partial charge is 0.234 e. The quantitative estimate of drug-likeness (QED) is 0.833. The van der Waals surface area contributed by atoms with E-state index in [0.717, 1.165) is 25.2 Å². The van der Waals surface area contributed by atoms with Gasteiger partial charge in [0.15, 0.2) is 0 Å². The van der Waals surface area contributed by atoms with E-state index in [0.29, 0.717) is 24.7 Å². The zero-order chi connectivity index (χ0) is 15.2. The second-order valence-corrected chi connectivity index (χ2v) is 5.96. The standard InChI is InChI=1S/C15H23ClN4O/c1-19-6-7-20(14(8-17)10-19)11-15(21)18-9-12-2-4-13(16)5-3-12/h2-5,14H,6-11,17H2,1H3,(H,18,21). The maximum absolute atomic E-state index is 12.1.